The summed E-state index contributed by atoms with van der Waals surface area (Å²) in [5.74, 6) is -0.481. The molecule has 0 aromatic rings. The first-order valence-corrected chi connectivity index (χ1v) is 25.1. The van der Waals surface area contributed by atoms with E-state index >= 15 is 0 Å². The van der Waals surface area contributed by atoms with Crippen molar-refractivity contribution in [2.75, 3.05) is 6.61 Å². The SMILES string of the molecule is CCC/C=C\CCCCCCCC(=O)OC(CCCCCCCCC/C=C/CCCCCCCC)CC(=O)NC(CO)C(O)CCCCCCCCCCCCC. The molecule has 0 radical (unpaired) electrons. The van der Waals surface area contributed by atoms with Crippen LogP contribution in [0.15, 0.2) is 24.3 Å². The molecule has 0 spiro atoms. The number of aliphatic hydroxyl groups excluding tert-OH is 2. The fourth-order valence-electron chi connectivity index (χ4n) is 7.66. The second-order valence-electron chi connectivity index (χ2n) is 17.2. The van der Waals surface area contributed by atoms with Crippen LogP contribution in [0, 0.1) is 0 Å². The molecule has 6 nitrogen and oxygen atoms in total. The highest BCUT2D eigenvalue weighted by Crippen LogP contribution is 2.18. The molecule has 0 aliphatic heterocycles. The maximum Gasteiger partial charge on any atom is 0.306 e. The number of amides is 1. The number of aliphatic hydroxyl groups is 2. The van der Waals surface area contributed by atoms with E-state index in [9.17, 15) is 19.8 Å². The highest BCUT2D eigenvalue weighted by molar-refractivity contribution is 5.77. The average molecular weight is 804 g/mol. The second kappa shape index (κ2) is 45.4. The molecule has 0 aliphatic rings. The second-order valence-corrected chi connectivity index (χ2v) is 17.2. The Bertz CT molecular complexity index is 904. The Morgan fingerprint density at radius 1 is 0.491 bits per heavy atom. The predicted molar refractivity (Wildman–Crippen MR) is 246 cm³/mol. The molecule has 3 unspecified atom stereocenters. The van der Waals surface area contributed by atoms with Crippen LogP contribution in [0.5, 0.6) is 0 Å². The summed E-state index contributed by atoms with van der Waals surface area (Å²) in [7, 11) is 0. The molecular formula is C51H97NO5. The zero-order valence-electron chi connectivity index (χ0n) is 38.2. The number of rotatable bonds is 45. The molecule has 1 amide bonds. The van der Waals surface area contributed by atoms with Gasteiger partial charge in [-0.3, -0.25) is 9.59 Å². The van der Waals surface area contributed by atoms with E-state index in [2.05, 4.69) is 50.4 Å². The molecule has 0 aromatic carbocycles. The van der Waals surface area contributed by atoms with Crippen molar-refractivity contribution in [3.05, 3.63) is 24.3 Å². The Balaban J connectivity index is 4.55. The van der Waals surface area contributed by atoms with Crippen molar-refractivity contribution in [3.8, 4) is 0 Å². The molecule has 6 heteroatoms. The highest BCUT2D eigenvalue weighted by atomic mass is 16.5. The van der Waals surface area contributed by atoms with Crippen LogP contribution >= 0.6 is 0 Å². The van der Waals surface area contributed by atoms with Crippen LogP contribution < -0.4 is 5.32 Å². The first-order valence-electron chi connectivity index (χ1n) is 25.1. The standard InChI is InChI=1S/C51H97NO5/c1-4-7-10-13-16-19-22-23-24-25-26-27-29-30-33-36-39-42-47(57-51(56)44-41-38-35-32-21-18-15-12-9-6-3)45-50(55)52-48(46-53)49(54)43-40-37-34-31-28-20-17-14-11-8-5-2/h12,15,23-24,47-49,53-54H,4-11,13-14,16-22,25-46H2,1-3H3,(H,52,55)/b15-12-,24-23+. The summed E-state index contributed by atoms with van der Waals surface area (Å²) in [6.07, 6.45) is 51.0. The topological polar surface area (TPSA) is 95.9 Å². The van der Waals surface area contributed by atoms with Gasteiger partial charge in [0.15, 0.2) is 0 Å². The van der Waals surface area contributed by atoms with E-state index in [0.717, 1.165) is 64.2 Å². The summed E-state index contributed by atoms with van der Waals surface area (Å²) in [6.45, 7) is 6.42. The minimum atomic E-state index is -0.785. The maximum atomic E-state index is 13.2. The predicted octanol–water partition coefficient (Wildman–Crippen LogP) is 14.7. The number of carbonyl (C=O) groups is 2. The van der Waals surface area contributed by atoms with Crippen LogP contribution in [0.1, 0.15) is 265 Å². The van der Waals surface area contributed by atoms with Gasteiger partial charge in [0, 0.05) is 6.42 Å². The van der Waals surface area contributed by atoms with Crippen molar-refractivity contribution >= 4 is 11.9 Å². The van der Waals surface area contributed by atoms with Gasteiger partial charge in [-0.2, -0.15) is 0 Å². The van der Waals surface area contributed by atoms with Gasteiger partial charge in [0.2, 0.25) is 5.91 Å². The molecule has 3 atom stereocenters. The van der Waals surface area contributed by atoms with Gasteiger partial charge in [0.05, 0.1) is 25.2 Å². The zero-order valence-corrected chi connectivity index (χ0v) is 38.2. The van der Waals surface area contributed by atoms with Gasteiger partial charge in [-0.1, -0.05) is 206 Å². The van der Waals surface area contributed by atoms with Crippen LogP contribution in [0.2, 0.25) is 0 Å². The summed E-state index contributed by atoms with van der Waals surface area (Å²) >= 11 is 0. The molecule has 57 heavy (non-hydrogen) atoms. The van der Waals surface area contributed by atoms with Crippen molar-refractivity contribution in [1.29, 1.82) is 0 Å². The molecule has 0 aliphatic carbocycles. The Kier molecular flexibility index (Phi) is 44.1. The van der Waals surface area contributed by atoms with Crippen molar-refractivity contribution in [3.63, 3.8) is 0 Å². The molecule has 3 N–H and O–H groups in total. The van der Waals surface area contributed by atoms with Crippen LogP contribution in [-0.2, 0) is 14.3 Å². The third kappa shape index (κ3) is 40.9. The highest BCUT2D eigenvalue weighted by Gasteiger charge is 2.24. The molecule has 0 bridgehead atoms. The smallest absolute Gasteiger partial charge is 0.306 e. The number of ether oxygens (including phenoxy) is 1. The van der Waals surface area contributed by atoms with Gasteiger partial charge in [-0.15, -0.1) is 0 Å². The van der Waals surface area contributed by atoms with Gasteiger partial charge in [-0.05, 0) is 70.6 Å². The maximum absolute atomic E-state index is 13.2. The monoisotopic (exact) mass is 804 g/mol. The first-order chi connectivity index (χ1) is 28.0. The lowest BCUT2D eigenvalue weighted by molar-refractivity contribution is -0.151. The van der Waals surface area contributed by atoms with Gasteiger partial charge < -0.3 is 20.3 Å². The normalized spacial score (nSPS) is 13.4. The van der Waals surface area contributed by atoms with Crippen molar-refractivity contribution in [1.82, 2.24) is 5.32 Å². The van der Waals surface area contributed by atoms with E-state index in [1.807, 2.05) is 0 Å². The van der Waals surface area contributed by atoms with E-state index < -0.39 is 18.2 Å². The zero-order chi connectivity index (χ0) is 41.7. The van der Waals surface area contributed by atoms with Crippen molar-refractivity contribution < 1.29 is 24.5 Å². The molecule has 0 aromatic heterocycles. The average Bonchev–Trinajstić information content (AvgIpc) is 3.20. The van der Waals surface area contributed by atoms with Crippen LogP contribution in [0.3, 0.4) is 0 Å². The Labute approximate surface area is 354 Å². The lowest BCUT2D eigenvalue weighted by Crippen LogP contribution is -2.46. The van der Waals surface area contributed by atoms with Crippen LogP contribution in [-0.4, -0.2) is 46.9 Å². The summed E-state index contributed by atoms with van der Waals surface area (Å²) in [6, 6.07) is -0.699. The minimum Gasteiger partial charge on any atom is -0.462 e. The van der Waals surface area contributed by atoms with Crippen molar-refractivity contribution in [2.45, 2.75) is 283 Å². The first kappa shape index (κ1) is 55.3. The van der Waals surface area contributed by atoms with Crippen molar-refractivity contribution in [2.24, 2.45) is 0 Å². The van der Waals surface area contributed by atoms with E-state index in [4.69, 9.17) is 4.74 Å². The van der Waals surface area contributed by atoms with Gasteiger partial charge in [-0.25, -0.2) is 0 Å². The lowest BCUT2D eigenvalue weighted by atomic mass is 10.0. The fraction of sp³-hybridized carbons (Fsp3) is 0.882. The summed E-state index contributed by atoms with van der Waals surface area (Å²) in [5.41, 5.74) is 0. The number of allylic oxidation sites excluding steroid dienone is 4. The lowest BCUT2D eigenvalue weighted by Gasteiger charge is -2.24. The molecule has 0 heterocycles. The number of nitrogens with one attached hydrogen (secondary N) is 1. The van der Waals surface area contributed by atoms with Gasteiger partial charge in [0.25, 0.3) is 0 Å². The Morgan fingerprint density at radius 2 is 0.877 bits per heavy atom. The number of esters is 1. The number of carbonyl (C=O) groups excluding carboxylic acids is 2. The molecule has 0 rings (SSSR count). The van der Waals surface area contributed by atoms with E-state index in [1.54, 1.807) is 0 Å². The fourth-order valence-corrected chi connectivity index (χ4v) is 7.66. The van der Waals surface area contributed by atoms with Crippen LogP contribution in [0.4, 0.5) is 0 Å². The summed E-state index contributed by atoms with van der Waals surface area (Å²) in [4.78, 5) is 26.0. The molecule has 0 saturated heterocycles. The number of unbranched alkanes of at least 4 members (excludes halogenated alkanes) is 29. The molecule has 0 saturated carbocycles. The summed E-state index contributed by atoms with van der Waals surface area (Å²) in [5, 5.41) is 23.7. The third-order valence-corrected chi connectivity index (χ3v) is 11.5. The molecular weight excluding hydrogens is 707 g/mol. The summed E-state index contributed by atoms with van der Waals surface area (Å²) < 4.78 is 5.91. The largest absolute Gasteiger partial charge is 0.462 e. The van der Waals surface area contributed by atoms with E-state index in [0.29, 0.717) is 19.3 Å². The van der Waals surface area contributed by atoms with E-state index in [1.165, 1.54) is 154 Å². The number of hydrogen-bond acceptors (Lipinski definition) is 5. The minimum absolute atomic E-state index is 0.0747. The molecule has 0 fully saturated rings. The van der Waals surface area contributed by atoms with Crippen LogP contribution in [0.25, 0.3) is 0 Å². The third-order valence-electron chi connectivity index (χ3n) is 11.5. The molecule has 336 valence electrons. The van der Waals surface area contributed by atoms with Gasteiger partial charge in [0.1, 0.15) is 6.10 Å². The quantitative estimate of drug-likeness (QED) is 0.0324. The van der Waals surface area contributed by atoms with Gasteiger partial charge >= 0.3 is 5.97 Å². The Hall–Kier alpha value is -1.66. The van der Waals surface area contributed by atoms with E-state index in [-0.39, 0.29) is 24.9 Å². The number of hydrogen-bond donors (Lipinski definition) is 3. The Morgan fingerprint density at radius 3 is 1.32 bits per heavy atom.